The summed E-state index contributed by atoms with van der Waals surface area (Å²) in [6, 6.07) is 9.45. The zero-order chi connectivity index (χ0) is 38.5. The maximum atomic E-state index is 13.0. The highest BCUT2D eigenvalue weighted by molar-refractivity contribution is 5.97. The lowest BCUT2D eigenvalue weighted by Crippen LogP contribution is -2.78. The van der Waals surface area contributed by atoms with Gasteiger partial charge in [0.05, 0.1) is 0 Å². The van der Waals surface area contributed by atoms with Crippen molar-refractivity contribution in [3.8, 4) is 0 Å². The molecule has 2 aliphatic rings. The van der Waals surface area contributed by atoms with Crippen LogP contribution in [0.3, 0.4) is 0 Å². The molecule has 1 aromatic rings. The van der Waals surface area contributed by atoms with Gasteiger partial charge in [0.2, 0.25) is 17.3 Å². The van der Waals surface area contributed by atoms with Crippen molar-refractivity contribution in [2.45, 2.75) is 158 Å². The number of carboxylic acids is 3. The minimum Gasteiger partial charge on any atom is -0.479 e. The first-order valence-corrected chi connectivity index (χ1v) is 18.7. The van der Waals surface area contributed by atoms with E-state index in [1.165, 1.54) is 45.4 Å². The summed E-state index contributed by atoms with van der Waals surface area (Å²) in [6.45, 7) is 9.24. The number of unbranched alkanes of at least 4 members (excludes halogenated alkanes) is 11. The molecule has 8 atom stereocenters. The summed E-state index contributed by atoms with van der Waals surface area (Å²) in [5, 5.41) is 53.9. The SMILES string of the molecule is C=C(CC[C@]12O[C@H](C(=O)O)[C@@](O)(C(=O)O)[C@](C(=O)O)(O1)[C@H](OCCCCCCCCCCCCCC)[C@H]2O)[C@@H](OC(C)=O)[C@H](C)Cc1ccccc1. The van der Waals surface area contributed by atoms with Crippen LogP contribution in [0, 0.1) is 5.92 Å². The molecule has 1 aromatic carbocycles. The van der Waals surface area contributed by atoms with E-state index in [1.54, 1.807) is 0 Å². The fraction of sp³-hybridized carbons (Fsp3) is 0.692. The molecule has 2 aliphatic heterocycles. The summed E-state index contributed by atoms with van der Waals surface area (Å²) in [6.07, 6.45) is 5.06. The molecule has 13 nitrogen and oxygen atoms in total. The molecule has 3 rings (SSSR count). The first-order chi connectivity index (χ1) is 24.7. The van der Waals surface area contributed by atoms with Crippen LogP contribution in [0.25, 0.3) is 0 Å². The monoisotopic (exact) mass is 734 g/mol. The minimum atomic E-state index is -3.70. The van der Waals surface area contributed by atoms with E-state index in [4.69, 9.17) is 18.9 Å². The Labute approximate surface area is 306 Å². The number of benzene rings is 1. The van der Waals surface area contributed by atoms with E-state index in [0.717, 1.165) is 31.2 Å². The number of hydrogen-bond donors (Lipinski definition) is 5. The van der Waals surface area contributed by atoms with E-state index >= 15 is 0 Å². The van der Waals surface area contributed by atoms with Crippen LogP contribution in [-0.4, -0.2) is 97.4 Å². The molecule has 13 heteroatoms. The van der Waals surface area contributed by atoms with Crippen molar-refractivity contribution in [2.75, 3.05) is 6.61 Å². The summed E-state index contributed by atoms with van der Waals surface area (Å²) < 4.78 is 22.9. The standard InChI is InChI=1S/C39H58O13/c1-5-6-7-8-9-10-11-12-13-14-15-19-24-49-32-31(41)37(51-33(34(42)43)38(48,35(44)45)39(32,52-37)36(46)47)23-22-26(2)30(50-28(4)40)27(3)25-29-20-17-16-18-21-29/h16-18,20-21,27,30-33,41,48H,2,5-15,19,22-25H2,1,3-4H3,(H,42,43)(H,44,45)(H,46,47)/t27-,30-,31-,32-,33-,37+,38-,39+/m1/s1. The third-order valence-electron chi connectivity index (χ3n) is 10.3. The van der Waals surface area contributed by atoms with Gasteiger partial charge in [-0.05, 0) is 30.4 Å². The Kier molecular flexibility index (Phi) is 16.3. The zero-order valence-corrected chi connectivity index (χ0v) is 30.8. The molecule has 0 amide bonds. The average molecular weight is 735 g/mol. The zero-order valence-electron chi connectivity index (χ0n) is 30.8. The van der Waals surface area contributed by atoms with Crippen molar-refractivity contribution in [1.29, 1.82) is 0 Å². The molecule has 0 saturated carbocycles. The van der Waals surface area contributed by atoms with Crippen molar-refractivity contribution in [3.05, 3.63) is 48.0 Å². The molecule has 0 spiro atoms. The molecule has 2 heterocycles. The highest BCUT2D eigenvalue weighted by Gasteiger charge is 2.85. The number of aliphatic carboxylic acids is 3. The van der Waals surface area contributed by atoms with Gasteiger partial charge in [0.1, 0.15) is 18.3 Å². The Balaban J connectivity index is 1.76. The summed E-state index contributed by atoms with van der Waals surface area (Å²) in [5.74, 6) is -9.57. The van der Waals surface area contributed by atoms with Gasteiger partial charge in [-0.1, -0.05) is 121 Å². The number of carboxylic acid groups (broad SMARTS) is 3. The second-order valence-corrected chi connectivity index (χ2v) is 14.3. The molecular weight excluding hydrogens is 676 g/mol. The van der Waals surface area contributed by atoms with E-state index < -0.39 is 71.7 Å². The molecule has 0 aromatic heterocycles. The first kappa shape index (κ1) is 43.0. The largest absolute Gasteiger partial charge is 0.479 e. The molecule has 52 heavy (non-hydrogen) atoms. The summed E-state index contributed by atoms with van der Waals surface area (Å²) >= 11 is 0. The van der Waals surface area contributed by atoms with Crippen molar-refractivity contribution in [1.82, 2.24) is 0 Å². The van der Waals surface area contributed by atoms with E-state index in [1.807, 2.05) is 37.3 Å². The molecule has 5 N–H and O–H groups in total. The second-order valence-electron chi connectivity index (χ2n) is 14.3. The molecule has 0 unspecified atom stereocenters. The molecule has 2 bridgehead atoms. The fourth-order valence-electron chi connectivity index (χ4n) is 7.51. The Morgan fingerprint density at radius 3 is 1.94 bits per heavy atom. The molecule has 2 fully saturated rings. The van der Waals surface area contributed by atoms with E-state index in [9.17, 15) is 44.7 Å². The third-order valence-corrected chi connectivity index (χ3v) is 10.3. The van der Waals surface area contributed by atoms with E-state index in [-0.39, 0.29) is 18.9 Å². The number of rotatable bonds is 25. The van der Waals surface area contributed by atoms with E-state index in [2.05, 4.69) is 13.5 Å². The molecule has 2 saturated heterocycles. The summed E-state index contributed by atoms with van der Waals surface area (Å²) in [5.41, 5.74) is -5.66. The Morgan fingerprint density at radius 2 is 1.44 bits per heavy atom. The molecular formula is C39H58O13. The molecule has 0 radical (unpaired) electrons. The Bertz CT molecular complexity index is 1350. The predicted molar refractivity (Wildman–Crippen MR) is 189 cm³/mol. The quantitative estimate of drug-likeness (QED) is 0.0483. The number of fused-ring (bicyclic) bond motifs is 2. The highest BCUT2D eigenvalue weighted by Crippen LogP contribution is 2.56. The normalized spacial score (nSPS) is 27.8. The molecule has 292 valence electrons. The van der Waals surface area contributed by atoms with Gasteiger partial charge in [0, 0.05) is 25.9 Å². The number of carbonyl (C=O) groups is 4. The van der Waals surface area contributed by atoms with Crippen LogP contribution in [0.2, 0.25) is 0 Å². The van der Waals surface area contributed by atoms with Crippen molar-refractivity contribution in [2.24, 2.45) is 5.92 Å². The van der Waals surface area contributed by atoms with Gasteiger partial charge < -0.3 is 44.5 Å². The van der Waals surface area contributed by atoms with Crippen LogP contribution in [0.15, 0.2) is 42.5 Å². The lowest BCUT2D eigenvalue weighted by Gasteiger charge is -2.49. The van der Waals surface area contributed by atoms with Gasteiger partial charge in [-0.25, -0.2) is 14.4 Å². The first-order valence-electron chi connectivity index (χ1n) is 18.7. The number of aliphatic hydroxyl groups is 2. The van der Waals surface area contributed by atoms with Crippen molar-refractivity contribution < 1.29 is 63.7 Å². The number of carbonyl (C=O) groups excluding carboxylic acids is 1. The summed E-state index contributed by atoms with van der Waals surface area (Å²) in [4.78, 5) is 50.1. The highest BCUT2D eigenvalue weighted by atomic mass is 16.8. The van der Waals surface area contributed by atoms with Crippen LogP contribution < -0.4 is 0 Å². The Morgan fingerprint density at radius 1 is 0.885 bits per heavy atom. The van der Waals surface area contributed by atoms with E-state index in [0.29, 0.717) is 24.8 Å². The third kappa shape index (κ3) is 9.79. The van der Waals surface area contributed by atoms with Gasteiger partial charge in [0.15, 0.2) is 5.79 Å². The van der Waals surface area contributed by atoms with Crippen molar-refractivity contribution >= 4 is 23.9 Å². The molecule has 0 aliphatic carbocycles. The maximum absolute atomic E-state index is 13.0. The topological polar surface area (TPSA) is 206 Å². The van der Waals surface area contributed by atoms with Gasteiger partial charge >= 0.3 is 23.9 Å². The van der Waals surface area contributed by atoms with Gasteiger partial charge in [-0.2, -0.15) is 0 Å². The van der Waals surface area contributed by atoms with Crippen LogP contribution >= 0.6 is 0 Å². The lowest BCUT2D eigenvalue weighted by atomic mass is 9.74. The predicted octanol–water partition coefficient (Wildman–Crippen LogP) is 5.43. The van der Waals surface area contributed by atoms with Crippen LogP contribution in [-0.2, 0) is 44.5 Å². The lowest BCUT2D eigenvalue weighted by molar-refractivity contribution is -0.374. The number of hydrogen-bond acceptors (Lipinski definition) is 10. The Hall–Kier alpha value is -3.36. The van der Waals surface area contributed by atoms with Crippen LogP contribution in [0.4, 0.5) is 0 Å². The van der Waals surface area contributed by atoms with Gasteiger partial charge in [-0.15, -0.1) is 0 Å². The van der Waals surface area contributed by atoms with Gasteiger partial charge in [0.25, 0.3) is 0 Å². The minimum absolute atomic E-state index is 0.126. The number of ether oxygens (including phenoxy) is 4. The smallest absolute Gasteiger partial charge is 0.343 e. The fourth-order valence-corrected chi connectivity index (χ4v) is 7.51. The van der Waals surface area contributed by atoms with Gasteiger partial charge in [-0.3, -0.25) is 4.79 Å². The number of esters is 1. The van der Waals surface area contributed by atoms with Crippen molar-refractivity contribution in [3.63, 3.8) is 0 Å². The average Bonchev–Trinajstić information content (AvgIpc) is 3.31. The maximum Gasteiger partial charge on any atom is 0.343 e. The van der Waals surface area contributed by atoms with Crippen LogP contribution in [0.5, 0.6) is 0 Å². The number of aliphatic hydroxyl groups excluding tert-OH is 1. The van der Waals surface area contributed by atoms with Crippen LogP contribution in [0.1, 0.15) is 116 Å². The summed E-state index contributed by atoms with van der Waals surface area (Å²) in [7, 11) is 0. The second kappa shape index (κ2) is 19.6.